The largest absolute Gasteiger partial charge is 0.498 e. The van der Waals surface area contributed by atoms with Gasteiger partial charge in [0.15, 0.2) is 0 Å². The first kappa shape index (κ1) is 72.0. The lowest BCUT2D eigenvalue weighted by molar-refractivity contribution is -0.138. The number of carbonyl (C=O) groups is 2. The van der Waals surface area contributed by atoms with E-state index in [9.17, 15) is 49.1 Å². The van der Waals surface area contributed by atoms with Gasteiger partial charge in [-0.15, -0.1) is 0 Å². The van der Waals surface area contributed by atoms with Crippen LogP contribution < -0.4 is 16.9 Å². The van der Waals surface area contributed by atoms with Gasteiger partial charge in [0.25, 0.3) is 0 Å². The molecule has 5 aromatic heterocycles. The van der Waals surface area contributed by atoms with Gasteiger partial charge in [0.1, 0.15) is 11.6 Å². The molecule has 10 aromatic rings. The third-order valence-corrected chi connectivity index (χ3v) is 16.5. The Kier molecular flexibility index (Phi) is 24.6. The molecule has 1 aliphatic heterocycles. The number of hydrogen-bond acceptors (Lipinski definition) is 8. The molecule has 1 aliphatic rings. The van der Waals surface area contributed by atoms with E-state index in [4.69, 9.17) is 15.0 Å². The van der Waals surface area contributed by atoms with E-state index in [0.717, 1.165) is 99.3 Å². The summed E-state index contributed by atoms with van der Waals surface area (Å²) in [4.78, 5) is 33.2. The van der Waals surface area contributed by atoms with Crippen molar-refractivity contribution in [2.45, 2.75) is 142 Å². The van der Waals surface area contributed by atoms with Crippen LogP contribution >= 0.6 is 31.9 Å². The van der Waals surface area contributed by atoms with Crippen LogP contribution in [0.2, 0.25) is 0 Å². The second-order valence-electron chi connectivity index (χ2n) is 23.1. The van der Waals surface area contributed by atoms with Gasteiger partial charge < -0.3 is 35.7 Å². The molecule has 0 radical (unpaired) electrons. The number of rotatable bonds is 17. The predicted molar refractivity (Wildman–Crippen MR) is 352 cm³/mol. The monoisotopic (exact) mass is 1410 g/mol. The predicted octanol–water partition coefficient (Wildman–Crippen LogP) is 17.3. The summed E-state index contributed by atoms with van der Waals surface area (Å²) in [6.45, 7) is 12.2. The maximum absolute atomic E-state index is 12.3. The molecule has 13 nitrogen and oxygen atoms in total. The summed E-state index contributed by atoms with van der Waals surface area (Å²) in [6, 6.07) is 34.2. The van der Waals surface area contributed by atoms with E-state index in [2.05, 4.69) is 141 Å². The van der Waals surface area contributed by atoms with Gasteiger partial charge in [0, 0.05) is 135 Å². The van der Waals surface area contributed by atoms with Crippen molar-refractivity contribution >= 4 is 94.4 Å². The van der Waals surface area contributed by atoms with Gasteiger partial charge in [0.05, 0.1) is 40.9 Å². The number of nitrogens with zero attached hydrogens (tertiary/aromatic N) is 4. The zero-order valence-electron chi connectivity index (χ0n) is 51.7. The molecule has 0 spiro atoms. The number of fused-ring (bicyclic) bond motifs is 3. The smallest absolute Gasteiger partial charge is 0.399 e. The van der Waals surface area contributed by atoms with E-state index in [1.165, 1.54) is 11.1 Å². The van der Waals surface area contributed by atoms with E-state index >= 15 is 0 Å². The van der Waals surface area contributed by atoms with Crippen LogP contribution in [0.1, 0.15) is 109 Å². The van der Waals surface area contributed by atoms with Crippen molar-refractivity contribution in [1.29, 1.82) is 0 Å². The van der Waals surface area contributed by atoms with Crippen molar-refractivity contribution in [3.8, 4) is 22.5 Å². The Morgan fingerprint density at radius 1 is 0.554 bits per heavy atom. The minimum Gasteiger partial charge on any atom is -0.399 e. The molecule has 0 aliphatic carbocycles. The lowest BCUT2D eigenvalue weighted by Crippen LogP contribution is -2.41. The number of alkyl halides is 9. The highest BCUT2D eigenvalue weighted by molar-refractivity contribution is 9.10. The van der Waals surface area contributed by atoms with Gasteiger partial charge in [-0.05, 0) is 154 Å². The van der Waals surface area contributed by atoms with Gasteiger partial charge in [-0.1, -0.05) is 76.0 Å². The highest BCUT2D eigenvalue weighted by Crippen LogP contribution is 2.37. The Morgan fingerprint density at radius 2 is 0.978 bits per heavy atom. The van der Waals surface area contributed by atoms with Crippen LogP contribution in [0.3, 0.4) is 0 Å². The van der Waals surface area contributed by atoms with Gasteiger partial charge in [-0.2, -0.15) is 49.7 Å². The molecule has 490 valence electrons. The first-order chi connectivity index (χ1) is 43.3. The molecule has 92 heavy (non-hydrogen) atoms. The van der Waals surface area contributed by atoms with Crippen LogP contribution in [0.4, 0.5) is 45.2 Å². The highest BCUT2D eigenvalue weighted by Gasteiger charge is 2.52. The number of nitrogens with one attached hydrogen (secondary N) is 3. The second-order valence-corrected chi connectivity index (χ2v) is 24.9. The Balaban J connectivity index is 0.000000176. The summed E-state index contributed by atoms with van der Waals surface area (Å²) in [7, 11) is -0.367. The van der Waals surface area contributed by atoms with Gasteiger partial charge >= 0.3 is 25.6 Å². The maximum atomic E-state index is 12.3. The number of Topliss-reactive ketones (excluding diaryl/α,β-unsaturated/α-hetero) is 2. The standard InChI is InChI=1S/C25H24F3N3O.C17H23BN2O2.C14H13BrF3NO.C8H7BrN2.C3H6F3N/c1-2-17-5-8-21(9-6-17)31-16-20(15-30-31)18-7-10-24-23(13-18)19(14-29-24)12-22(32)4-3-11-25(26,27)28;1-6-13-7-9-15(10-8-13)20-12-14(11-19-20)18-21-16(2,3)17(4,5)22-18;15-10-3-4-13-12(7-10)9(8-19-13)6-11(20)2-1-5-14(16,17)18;9-5-1-2-8-6(3-5)7(10)4-11-8;4-3(5,6)1-2-7/h5-10,13-16,29H,2-4,11-12H2,1H3;7-12H,6H2,1-5H3;3-4,7-8,19H,1-2,5-6H2;1-4,11H,10H2;1-2,7H2. The summed E-state index contributed by atoms with van der Waals surface area (Å²) in [6.07, 6.45) is -0.500. The Labute approximate surface area is 544 Å². The van der Waals surface area contributed by atoms with E-state index in [-0.39, 0.29) is 75.0 Å². The number of anilines is 1. The summed E-state index contributed by atoms with van der Waals surface area (Å²) in [5.41, 5.74) is 22.3. The molecule has 5 aromatic carbocycles. The van der Waals surface area contributed by atoms with E-state index < -0.39 is 37.8 Å². The zero-order chi connectivity index (χ0) is 67.2. The van der Waals surface area contributed by atoms with Crippen LogP contribution in [0.5, 0.6) is 0 Å². The number of halogens is 11. The third-order valence-electron chi connectivity index (χ3n) is 15.5. The van der Waals surface area contributed by atoms with Crippen LogP contribution in [0, 0.1) is 0 Å². The Bertz CT molecular complexity index is 4000. The average Bonchev–Trinajstić information content (AvgIpc) is 1.63. The lowest BCUT2D eigenvalue weighted by Gasteiger charge is -2.32. The van der Waals surface area contributed by atoms with E-state index in [0.29, 0.717) is 0 Å². The molecular weight excluding hydrogens is 1340 g/mol. The first-order valence-corrected chi connectivity index (χ1v) is 31.4. The quantitative estimate of drug-likeness (QED) is 0.0440. The topological polar surface area (TPSA) is 188 Å². The van der Waals surface area contributed by atoms with Gasteiger partial charge in [-0.3, -0.25) is 9.59 Å². The number of nitrogens with two attached hydrogens (primary N) is 2. The average molecular weight is 1410 g/mol. The van der Waals surface area contributed by atoms with Crippen molar-refractivity contribution in [3.05, 3.63) is 178 Å². The number of carbonyl (C=O) groups excluding carboxylic acids is 2. The number of hydrogen-bond donors (Lipinski definition) is 5. The van der Waals surface area contributed by atoms with Crippen molar-refractivity contribution < 1.29 is 58.4 Å². The molecule has 0 atom stereocenters. The molecule has 6 heterocycles. The minimum absolute atomic E-state index is 0.0415. The molecule has 0 unspecified atom stereocenters. The minimum atomic E-state index is -4.22. The fourth-order valence-electron chi connectivity index (χ4n) is 9.61. The summed E-state index contributed by atoms with van der Waals surface area (Å²) in [5.74, 6) is -0.362. The van der Waals surface area contributed by atoms with Crippen molar-refractivity contribution in [2.24, 2.45) is 5.73 Å². The third kappa shape index (κ3) is 21.0. The number of aromatic nitrogens is 7. The first-order valence-electron chi connectivity index (χ1n) is 29.8. The molecule has 1 saturated heterocycles. The normalized spacial score (nSPS) is 13.6. The molecule has 0 bridgehead atoms. The van der Waals surface area contributed by atoms with Crippen LogP contribution in [-0.4, -0.2) is 89.5 Å². The van der Waals surface area contributed by atoms with E-state index in [1.807, 2.05) is 94.7 Å². The lowest BCUT2D eigenvalue weighted by atomic mass is 9.82. The zero-order valence-corrected chi connectivity index (χ0v) is 54.8. The fourth-order valence-corrected chi connectivity index (χ4v) is 10.3. The molecule has 1 fully saturated rings. The number of ketones is 2. The molecule has 0 amide bonds. The second kappa shape index (κ2) is 31.5. The molecule has 25 heteroatoms. The summed E-state index contributed by atoms with van der Waals surface area (Å²) in [5, 5.41) is 11.8. The van der Waals surface area contributed by atoms with Crippen LogP contribution in [0.25, 0.3) is 55.2 Å². The number of aryl methyl sites for hydroxylation is 2. The van der Waals surface area contributed by atoms with Gasteiger partial charge in [-0.25, -0.2) is 9.36 Å². The van der Waals surface area contributed by atoms with Crippen molar-refractivity contribution in [2.75, 3.05) is 12.3 Å². The number of nitrogen functional groups attached to an aromatic ring is 1. The molecule has 0 saturated carbocycles. The Hall–Kier alpha value is -7.45. The molecule has 7 N–H and O–H groups in total. The molecule has 11 rings (SSSR count). The van der Waals surface area contributed by atoms with Gasteiger partial charge in [0.2, 0.25) is 0 Å². The van der Waals surface area contributed by atoms with Crippen LogP contribution in [0.15, 0.2) is 155 Å². The van der Waals surface area contributed by atoms with Crippen molar-refractivity contribution in [1.82, 2.24) is 34.5 Å². The Morgan fingerprint density at radius 3 is 1.43 bits per heavy atom. The number of benzene rings is 5. The maximum Gasteiger partial charge on any atom is 0.498 e. The molecular formula is C67H73BBr2F9N9O4. The van der Waals surface area contributed by atoms with E-state index in [1.54, 1.807) is 24.8 Å². The number of H-pyrrole nitrogens is 3. The van der Waals surface area contributed by atoms with Crippen molar-refractivity contribution in [3.63, 3.8) is 0 Å². The summed E-state index contributed by atoms with van der Waals surface area (Å²) < 4.78 is 124. The number of aromatic amines is 3. The highest BCUT2D eigenvalue weighted by atomic mass is 79.9. The fraction of sp³-hybridized carbons (Fsp3) is 0.343. The SMILES string of the molecule is CCc1ccc(-n2cc(-c3ccc4[nH]cc(CC(=O)CCCC(F)(F)F)c4c3)cn2)cc1.CCc1ccc(-n2cc(B3OC(C)(C)C(C)(C)O3)cn2)cc1.NCCC(F)(F)F.Nc1c[nH]c2ccc(Br)cc12.O=C(CCCC(F)(F)F)Cc1c[nH]c2ccc(Br)cc12. The summed E-state index contributed by atoms with van der Waals surface area (Å²) >= 11 is 6.74. The van der Waals surface area contributed by atoms with Crippen LogP contribution in [-0.2, 0) is 44.6 Å².